The molecule has 4 heterocycles. The van der Waals surface area contributed by atoms with Gasteiger partial charge in [0.25, 0.3) is 0 Å². The van der Waals surface area contributed by atoms with Crippen LogP contribution in [0.2, 0.25) is 0 Å². The van der Waals surface area contributed by atoms with Crippen LogP contribution in [0.15, 0.2) is 10.6 Å². The molecule has 6 heteroatoms. The van der Waals surface area contributed by atoms with Gasteiger partial charge < -0.3 is 14.2 Å². The van der Waals surface area contributed by atoms with E-state index in [1.165, 1.54) is 0 Å². The molecule has 1 spiro atoms. The minimum absolute atomic E-state index is 0.258. The van der Waals surface area contributed by atoms with Crippen molar-refractivity contribution >= 4 is 5.91 Å². The van der Waals surface area contributed by atoms with Gasteiger partial charge >= 0.3 is 0 Å². The Hall–Kier alpha value is -1.40. The van der Waals surface area contributed by atoms with Crippen LogP contribution in [-0.4, -0.2) is 59.8 Å². The molecule has 3 aliphatic heterocycles. The van der Waals surface area contributed by atoms with Crippen molar-refractivity contribution in [3.05, 3.63) is 17.5 Å². The maximum absolute atomic E-state index is 12.4. The Morgan fingerprint density at radius 1 is 1.32 bits per heavy atom. The molecule has 3 aliphatic rings. The van der Waals surface area contributed by atoms with E-state index in [0.717, 1.165) is 82.9 Å². The predicted molar refractivity (Wildman–Crippen MR) is 93.0 cm³/mol. The molecule has 3 saturated heterocycles. The molecule has 0 aliphatic carbocycles. The number of aryl methyl sites for hydroxylation is 1. The van der Waals surface area contributed by atoms with Crippen molar-refractivity contribution < 1.29 is 14.1 Å². The zero-order valence-electron chi connectivity index (χ0n) is 15.2. The number of rotatable bonds is 4. The molecule has 1 aromatic rings. The van der Waals surface area contributed by atoms with Crippen molar-refractivity contribution in [3.8, 4) is 0 Å². The van der Waals surface area contributed by atoms with Crippen LogP contribution in [0.25, 0.3) is 0 Å². The largest absolute Gasteiger partial charge is 0.376 e. The van der Waals surface area contributed by atoms with E-state index in [0.29, 0.717) is 17.7 Å². The molecule has 138 valence electrons. The molecule has 1 unspecified atom stereocenters. The molecule has 0 bridgehead atoms. The summed E-state index contributed by atoms with van der Waals surface area (Å²) in [5.74, 6) is 1.27. The van der Waals surface area contributed by atoms with E-state index in [4.69, 9.17) is 9.26 Å². The first-order chi connectivity index (χ1) is 12.1. The first-order valence-corrected chi connectivity index (χ1v) is 9.66. The van der Waals surface area contributed by atoms with Crippen molar-refractivity contribution in [1.82, 2.24) is 15.0 Å². The standard InChI is InChI=1S/C19H29N3O3/c1-15-11-17(25-20-15)12-21-8-6-19(7-9-21)5-4-18(23)22(14-19)13-16-3-2-10-24-16/h11,16H,2-10,12-14H2,1H3. The number of likely N-dealkylation sites (tertiary alicyclic amines) is 2. The molecule has 3 fully saturated rings. The number of carbonyl (C=O) groups excluding carboxylic acids is 1. The lowest BCUT2D eigenvalue weighted by atomic mass is 9.72. The Bertz CT molecular complexity index is 601. The molecule has 0 saturated carbocycles. The number of hydrogen-bond donors (Lipinski definition) is 0. The molecule has 4 rings (SSSR count). The van der Waals surface area contributed by atoms with Crippen molar-refractivity contribution in [2.24, 2.45) is 5.41 Å². The van der Waals surface area contributed by atoms with Crippen LogP contribution in [0.3, 0.4) is 0 Å². The fraction of sp³-hybridized carbons (Fsp3) is 0.789. The van der Waals surface area contributed by atoms with Gasteiger partial charge in [-0.2, -0.15) is 0 Å². The van der Waals surface area contributed by atoms with Gasteiger partial charge in [-0.3, -0.25) is 9.69 Å². The second-order valence-corrected chi connectivity index (χ2v) is 8.12. The lowest BCUT2D eigenvalue weighted by Gasteiger charge is -2.47. The second kappa shape index (κ2) is 7.08. The molecule has 0 aromatic carbocycles. The zero-order chi connectivity index (χ0) is 17.3. The van der Waals surface area contributed by atoms with Crippen molar-refractivity contribution in [2.75, 3.05) is 32.8 Å². The average molecular weight is 347 g/mol. The highest BCUT2D eigenvalue weighted by atomic mass is 16.5. The van der Waals surface area contributed by atoms with E-state index >= 15 is 0 Å². The second-order valence-electron chi connectivity index (χ2n) is 8.12. The fourth-order valence-electron chi connectivity index (χ4n) is 4.61. The quantitative estimate of drug-likeness (QED) is 0.837. The Kier molecular flexibility index (Phi) is 4.82. The number of piperidine rings is 2. The molecule has 1 aromatic heterocycles. The minimum atomic E-state index is 0.258. The Labute approximate surface area is 149 Å². The normalized spacial score (nSPS) is 27.3. The maximum Gasteiger partial charge on any atom is 0.222 e. The summed E-state index contributed by atoms with van der Waals surface area (Å²) in [5, 5.41) is 3.97. The smallest absolute Gasteiger partial charge is 0.222 e. The van der Waals surface area contributed by atoms with Crippen molar-refractivity contribution in [2.45, 2.75) is 58.1 Å². The van der Waals surface area contributed by atoms with Crippen molar-refractivity contribution in [1.29, 1.82) is 0 Å². The summed E-state index contributed by atoms with van der Waals surface area (Å²) in [6.45, 7) is 7.51. The van der Waals surface area contributed by atoms with E-state index in [1.54, 1.807) is 0 Å². The minimum Gasteiger partial charge on any atom is -0.376 e. The molecule has 0 radical (unpaired) electrons. The Morgan fingerprint density at radius 2 is 2.16 bits per heavy atom. The van der Waals surface area contributed by atoms with E-state index in [9.17, 15) is 4.79 Å². The number of amides is 1. The highest BCUT2D eigenvalue weighted by molar-refractivity contribution is 5.77. The van der Waals surface area contributed by atoms with Gasteiger partial charge in [0.1, 0.15) is 0 Å². The maximum atomic E-state index is 12.4. The van der Waals surface area contributed by atoms with Crippen molar-refractivity contribution in [3.63, 3.8) is 0 Å². The highest BCUT2D eigenvalue weighted by Gasteiger charge is 2.41. The predicted octanol–water partition coefficient (Wildman–Crippen LogP) is 2.37. The van der Waals surface area contributed by atoms with Crippen LogP contribution in [0.1, 0.15) is 50.0 Å². The summed E-state index contributed by atoms with van der Waals surface area (Å²) < 4.78 is 11.1. The fourth-order valence-corrected chi connectivity index (χ4v) is 4.61. The summed E-state index contributed by atoms with van der Waals surface area (Å²) in [6, 6.07) is 2.02. The molecule has 25 heavy (non-hydrogen) atoms. The number of hydrogen-bond acceptors (Lipinski definition) is 5. The third-order valence-electron chi connectivity index (χ3n) is 6.17. The van der Waals surface area contributed by atoms with Gasteiger partial charge in [-0.05, 0) is 57.5 Å². The van der Waals surface area contributed by atoms with Crippen LogP contribution in [0.5, 0.6) is 0 Å². The third kappa shape index (κ3) is 3.90. The van der Waals surface area contributed by atoms with E-state index < -0.39 is 0 Å². The van der Waals surface area contributed by atoms with E-state index in [1.807, 2.05) is 13.0 Å². The van der Waals surface area contributed by atoms with Gasteiger partial charge in [0, 0.05) is 32.2 Å². The van der Waals surface area contributed by atoms with Gasteiger partial charge in [0.05, 0.1) is 18.3 Å². The number of nitrogens with zero attached hydrogens (tertiary/aromatic N) is 3. The topological polar surface area (TPSA) is 58.8 Å². The summed E-state index contributed by atoms with van der Waals surface area (Å²) >= 11 is 0. The third-order valence-corrected chi connectivity index (χ3v) is 6.17. The Morgan fingerprint density at radius 3 is 2.84 bits per heavy atom. The van der Waals surface area contributed by atoms with Gasteiger partial charge in [-0.15, -0.1) is 0 Å². The highest BCUT2D eigenvalue weighted by Crippen LogP contribution is 2.40. The van der Waals surface area contributed by atoms with Gasteiger partial charge in [0.2, 0.25) is 5.91 Å². The molecule has 1 amide bonds. The number of carbonyl (C=O) groups is 1. The lowest BCUT2D eigenvalue weighted by Crippen LogP contribution is -2.52. The first kappa shape index (κ1) is 17.0. The summed E-state index contributed by atoms with van der Waals surface area (Å²) in [7, 11) is 0. The first-order valence-electron chi connectivity index (χ1n) is 9.66. The summed E-state index contributed by atoms with van der Waals surface area (Å²) in [4.78, 5) is 16.9. The monoisotopic (exact) mass is 347 g/mol. The zero-order valence-corrected chi connectivity index (χ0v) is 15.2. The van der Waals surface area contributed by atoms with Crippen LogP contribution < -0.4 is 0 Å². The van der Waals surface area contributed by atoms with Crippen LogP contribution in [0, 0.1) is 12.3 Å². The van der Waals surface area contributed by atoms with Gasteiger partial charge in [-0.1, -0.05) is 5.16 Å². The summed E-state index contributed by atoms with van der Waals surface area (Å²) in [6.07, 6.45) is 6.56. The molecule has 6 nitrogen and oxygen atoms in total. The van der Waals surface area contributed by atoms with Crippen LogP contribution in [-0.2, 0) is 16.1 Å². The Balaban J connectivity index is 1.32. The summed E-state index contributed by atoms with van der Waals surface area (Å²) in [5.41, 5.74) is 1.25. The van der Waals surface area contributed by atoms with Crippen LogP contribution >= 0.6 is 0 Å². The average Bonchev–Trinajstić information content (AvgIpc) is 3.25. The van der Waals surface area contributed by atoms with Gasteiger partial charge in [-0.25, -0.2) is 0 Å². The van der Waals surface area contributed by atoms with E-state index in [2.05, 4.69) is 15.0 Å². The molecule has 1 atom stereocenters. The number of aromatic nitrogens is 1. The lowest BCUT2D eigenvalue weighted by molar-refractivity contribution is -0.141. The molecular weight excluding hydrogens is 318 g/mol. The SMILES string of the molecule is Cc1cc(CN2CCC3(CCC(=O)N(CC4CCCO4)C3)CC2)on1. The van der Waals surface area contributed by atoms with Crippen LogP contribution in [0.4, 0.5) is 0 Å². The molecular formula is C19H29N3O3. The number of ether oxygens (including phenoxy) is 1. The van der Waals surface area contributed by atoms with Gasteiger partial charge in [0.15, 0.2) is 5.76 Å². The van der Waals surface area contributed by atoms with E-state index in [-0.39, 0.29) is 6.10 Å². The molecule has 0 N–H and O–H groups in total.